The van der Waals surface area contributed by atoms with Gasteiger partial charge in [-0.25, -0.2) is 0 Å². The van der Waals surface area contributed by atoms with E-state index < -0.39 is 5.41 Å². The lowest BCUT2D eigenvalue weighted by Gasteiger charge is -2.33. The lowest BCUT2D eigenvalue weighted by atomic mass is 9.77. The Kier molecular flexibility index (Phi) is 7.43. The standard InChI is InChI=1S/C13H30N4O/c1-10(14)9-13(3,11(2)15)12(18)16-7-6-8-17(4)5/h10-11H,6-9,14-15H2,1-5H3,(H,16,18). The fourth-order valence-electron chi connectivity index (χ4n) is 1.95. The van der Waals surface area contributed by atoms with Crippen LogP contribution in [0, 0.1) is 5.41 Å². The van der Waals surface area contributed by atoms with Gasteiger partial charge in [0.2, 0.25) is 5.91 Å². The third kappa shape index (κ3) is 5.80. The number of hydrogen-bond acceptors (Lipinski definition) is 4. The first-order chi connectivity index (χ1) is 8.20. The van der Waals surface area contributed by atoms with Crippen LogP contribution in [0.4, 0.5) is 0 Å². The van der Waals surface area contributed by atoms with Crippen molar-refractivity contribution in [3.8, 4) is 0 Å². The molecule has 1 amide bonds. The molecule has 0 aromatic heterocycles. The maximum Gasteiger partial charge on any atom is 0.227 e. The van der Waals surface area contributed by atoms with Crippen LogP contribution in [0.2, 0.25) is 0 Å². The normalized spacial score (nSPS) is 18.2. The molecule has 0 saturated carbocycles. The quantitative estimate of drug-likeness (QED) is 0.541. The van der Waals surface area contributed by atoms with Crippen molar-refractivity contribution in [1.82, 2.24) is 10.2 Å². The fourth-order valence-corrected chi connectivity index (χ4v) is 1.95. The first-order valence-electron chi connectivity index (χ1n) is 6.64. The van der Waals surface area contributed by atoms with Crippen molar-refractivity contribution in [2.75, 3.05) is 27.2 Å². The minimum absolute atomic E-state index is 0.00792. The maximum atomic E-state index is 12.2. The molecule has 0 spiro atoms. The van der Waals surface area contributed by atoms with E-state index in [0.717, 1.165) is 13.0 Å². The van der Waals surface area contributed by atoms with Crippen LogP contribution in [0.1, 0.15) is 33.6 Å². The van der Waals surface area contributed by atoms with E-state index in [9.17, 15) is 4.79 Å². The number of carbonyl (C=O) groups is 1. The number of carbonyl (C=O) groups excluding carboxylic acids is 1. The highest BCUT2D eigenvalue weighted by Gasteiger charge is 2.37. The van der Waals surface area contributed by atoms with E-state index in [1.807, 2.05) is 34.9 Å². The molecule has 0 aliphatic rings. The van der Waals surface area contributed by atoms with E-state index in [1.165, 1.54) is 0 Å². The Morgan fingerprint density at radius 3 is 2.28 bits per heavy atom. The van der Waals surface area contributed by atoms with Crippen molar-refractivity contribution < 1.29 is 4.79 Å². The molecule has 0 aromatic carbocycles. The van der Waals surface area contributed by atoms with Crippen LogP contribution >= 0.6 is 0 Å². The van der Waals surface area contributed by atoms with Crippen LogP contribution in [0.25, 0.3) is 0 Å². The molecule has 0 bridgehead atoms. The zero-order valence-electron chi connectivity index (χ0n) is 12.5. The Morgan fingerprint density at radius 1 is 1.33 bits per heavy atom. The van der Waals surface area contributed by atoms with Gasteiger partial charge in [0.15, 0.2) is 0 Å². The smallest absolute Gasteiger partial charge is 0.227 e. The van der Waals surface area contributed by atoms with Gasteiger partial charge >= 0.3 is 0 Å². The van der Waals surface area contributed by atoms with Gasteiger partial charge in [0.25, 0.3) is 0 Å². The lowest BCUT2D eigenvalue weighted by molar-refractivity contribution is -0.131. The molecule has 5 heteroatoms. The summed E-state index contributed by atoms with van der Waals surface area (Å²) in [6.07, 6.45) is 1.54. The summed E-state index contributed by atoms with van der Waals surface area (Å²) in [6.45, 7) is 7.30. The highest BCUT2D eigenvalue weighted by atomic mass is 16.2. The van der Waals surface area contributed by atoms with Crippen LogP contribution in [-0.2, 0) is 4.79 Å². The second kappa shape index (κ2) is 7.71. The van der Waals surface area contributed by atoms with Crippen molar-refractivity contribution >= 4 is 5.91 Å². The molecule has 5 N–H and O–H groups in total. The Bertz CT molecular complexity index is 253. The van der Waals surface area contributed by atoms with E-state index in [-0.39, 0.29) is 18.0 Å². The minimum atomic E-state index is -0.591. The number of hydrogen-bond donors (Lipinski definition) is 3. The molecule has 0 aliphatic heterocycles. The predicted octanol–water partition coefficient (Wildman–Crippen LogP) is 0.145. The molecule has 0 aromatic rings. The summed E-state index contributed by atoms with van der Waals surface area (Å²) in [5, 5.41) is 2.96. The first-order valence-corrected chi connectivity index (χ1v) is 6.64. The molecular weight excluding hydrogens is 228 g/mol. The van der Waals surface area contributed by atoms with Gasteiger partial charge in [-0.05, 0) is 54.3 Å². The highest BCUT2D eigenvalue weighted by molar-refractivity contribution is 5.83. The molecule has 0 fully saturated rings. The SMILES string of the molecule is CC(N)CC(C)(C(=O)NCCCN(C)C)C(C)N. The molecule has 0 rings (SSSR count). The largest absolute Gasteiger partial charge is 0.356 e. The second-order valence-corrected chi connectivity index (χ2v) is 5.80. The second-order valence-electron chi connectivity index (χ2n) is 5.80. The van der Waals surface area contributed by atoms with Gasteiger partial charge < -0.3 is 21.7 Å². The zero-order valence-corrected chi connectivity index (χ0v) is 12.5. The van der Waals surface area contributed by atoms with Crippen molar-refractivity contribution in [1.29, 1.82) is 0 Å². The van der Waals surface area contributed by atoms with Gasteiger partial charge in [-0.1, -0.05) is 0 Å². The van der Waals surface area contributed by atoms with Crippen LogP contribution < -0.4 is 16.8 Å². The van der Waals surface area contributed by atoms with Crippen molar-refractivity contribution in [3.63, 3.8) is 0 Å². The molecule has 0 saturated heterocycles. The van der Waals surface area contributed by atoms with Gasteiger partial charge in [0.05, 0.1) is 5.41 Å². The van der Waals surface area contributed by atoms with Crippen molar-refractivity contribution in [2.45, 2.75) is 45.7 Å². The average Bonchev–Trinajstić information content (AvgIpc) is 2.22. The molecule has 0 aliphatic carbocycles. The topological polar surface area (TPSA) is 84.4 Å². The maximum absolute atomic E-state index is 12.2. The molecular formula is C13H30N4O. The minimum Gasteiger partial charge on any atom is -0.356 e. The summed E-state index contributed by atoms with van der Waals surface area (Å²) >= 11 is 0. The summed E-state index contributed by atoms with van der Waals surface area (Å²) in [5.41, 5.74) is 11.2. The van der Waals surface area contributed by atoms with Gasteiger partial charge in [-0.2, -0.15) is 0 Å². The van der Waals surface area contributed by atoms with E-state index in [1.54, 1.807) is 0 Å². The Morgan fingerprint density at radius 2 is 1.89 bits per heavy atom. The molecule has 3 unspecified atom stereocenters. The van der Waals surface area contributed by atoms with Crippen molar-refractivity contribution in [3.05, 3.63) is 0 Å². The number of nitrogens with two attached hydrogens (primary N) is 2. The number of nitrogens with zero attached hydrogens (tertiary/aromatic N) is 1. The predicted molar refractivity (Wildman–Crippen MR) is 76.2 cm³/mol. The molecule has 0 heterocycles. The summed E-state index contributed by atoms with van der Waals surface area (Å²) in [7, 11) is 4.04. The van der Waals surface area contributed by atoms with Crippen LogP contribution in [0.15, 0.2) is 0 Å². The van der Waals surface area contributed by atoms with E-state index in [2.05, 4.69) is 10.2 Å². The number of rotatable bonds is 8. The van der Waals surface area contributed by atoms with E-state index in [4.69, 9.17) is 11.5 Å². The Labute approximate surface area is 111 Å². The van der Waals surface area contributed by atoms with Gasteiger partial charge in [0.1, 0.15) is 0 Å². The Balaban J connectivity index is 4.32. The van der Waals surface area contributed by atoms with Crippen LogP contribution in [0.5, 0.6) is 0 Å². The third-order valence-electron chi connectivity index (χ3n) is 3.34. The third-order valence-corrected chi connectivity index (χ3v) is 3.34. The van der Waals surface area contributed by atoms with Crippen LogP contribution in [0.3, 0.4) is 0 Å². The van der Waals surface area contributed by atoms with Gasteiger partial charge in [-0.3, -0.25) is 4.79 Å². The molecule has 3 atom stereocenters. The highest BCUT2D eigenvalue weighted by Crippen LogP contribution is 2.26. The van der Waals surface area contributed by atoms with E-state index in [0.29, 0.717) is 13.0 Å². The summed E-state index contributed by atoms with van der Waals surface area (Å²) in [4.78, 5) is 14.3. The van der Waals surface area contributed by atoms with Gasteiger partial charge in [0, 0.05) is 18.6 Å². The van der Waals surface area contributed by atoms with Crippen LogP contribution in [-0.4, -0.2) is 50.1 Å². The summed E-state index contributed by atoms with van der Waals surface area (Å²) < 4.78 is 0. The van der Waals surface area contributed by atoms with Gasteiger partial charge in [-0.15, -0.1) is 0 Å². The molecule has 18 heavy (non-hydrogen) atoms. The van der Waals surface area contributed by atoms with E-state index >= 15 is 0 Å². The summed E-state index contributed by atoms with van der Waals surface area (Å²) in [6, 6.07) is -0.245. The Hall–Kier alpha value is -0.650. The fraction of sp³-hybridized carbons (Fsp3) is 0.923. The van der Waals surface area contributed by atoms with Crippen molar-refractivity contribution in [2.24, 2.45) is 16.9 Å². The lowest BCUT2D eigenvalue weighted by Crippen LogP contribution is -2.51. The number of amides is 1. The average molecular weight is 258 g/mol. The zero-order chi connectivity index (χ0) is 14.3. The number of nitrogens with one attached hydrogen (secondary N) is 1. The summed E-state index contributed by atoms with van der Waals surface area (Å²) in [5.74, 6) is 0.00792. The first kappa shape index (κ1) is 17.4. The molecule has 108 valence electrons. The molecule has 0 radical (unpaired) electrons. The molecule has 5 nitrogen and oxygen atoms in total. The monoisotopic (exact) mass is 258 g/mol.